The van der Waals surface area contributed by atoms with Crippen molar-refractivity contribution in [3.8, 4) is 0 Å². The van der Waals surface area contributed by atoms with Crippen LogP contribution in [0.3, 0.4) is 0 Å². The monoisotopic (exact) mass is 394 g/mol. The quantitative estimate of drug-likeness (QED) is 0.866. The lowest BCUT2D eigenvalue weighted by atomic mass is 9.86. The largest absolute Gasteiger partial charge is 0.353 e. The summed E-state index contributed by atoms with van der Waals surface area (Å²) in [4.78, 5) is 33.7. The summed E-state index contributed by atoms with van der Waals surface area (Å²) in [6.45, 7) is 10.9. The Bertz CT molecular complexity index is 835. The van der Waals surface area contributed by atoms with Crippen molar-refractivity contribution >= 4 is 17.6 Å². The van der Waals surface area contributed by atoms with Gasteiger partial charge in [-0.25, -0.2) is 4.98 Å². The number of hydrogen-bond donors (Lipinski definition) is 1. The van der Waals surface area contributed by atoms with Crippen molar-refractivity contribution in [3.05, 3.63) is 59.8 Å². The van der Waals surface area contributed by atoms with Gasteiger partial charge in [-0.15, -0.1) is 0 Å². The molecule has 0 radical (unpaired) electrons. The Hall–Kier alpha value is -2.89. The minimum Gasteiger partial charge on any atom is -0.353 e. The van der Waals surface area contributed by atoms with E-state index in [-0.39, 0.29) is 17.2 Å². The highest BCUT2D eigenvalue weighted by Crippen LogP contribution is 2.22. The molecule has 1 N–H and O–H groups in total. The van der Waals surface area contributed by atoms with Crippen LogP contribution < -0.4 is 10.2 Å². The lowest BCUT2D eigenvalue weighted by Gasteiger charge is -2.36. The Morgan fingerprint density at radius 3 is 2.21 bits per heavy atom. The number of amides is 2. The van der Waals surface area contributed by atoms with Crippen molar-refractivity contribution in [1.29, 1.82) is 0 Å². The number of pyridine rings is 1. The highest BCUT2D eigenvalue weighted by Gasteiger charge is 2.26. The first kappa shape index (κ1) is 20.8. The molecular weight excluding hydrogens is 364 g/mol. The Morgan fingerprint density at radius 1 is 1.00 bits per heavy atom. The van der Waals surface area contributed by atoms with E-state index in [1.54, 1.807) is 13.1 Å². The van der Waals surface area contributed by atoms with E-state index < -0.39 is 6.04 Å². The van der Waals surface area contributed by atoms with Crippen LogP contribution in [0.1, 0.15) is 43.6 Å². The molecule has 1 atom stereocenters. The maximum absolute atomic E-state index is 12.8. The van der Waals surface area contributed by atoms with Gasteiger partial charge in [0, 0.05) is 37.9 Å². The van der Waals surface area contributed by atoms with Gasteiger partial charge in [-0.2, -0.15) is 0 Å². The van der Waals surface area contributed by atoms with Crippen LogP contribution >= 0.6 is 0 Å². The van der Waals surface area contributed by atoms with Crippen molar-refractivity contribution in [2.45, 2.75) is 39.2 Å². The van der Waals surface area contributed by atoms with Crippen LogP contribution in [0.2, 0.25) is 0 Å². The number of piperazine rings is 1. The molecule has 1 aliphatic rings. The number of aromatic nitrogens is 1. The third kappa shape index (κ3) is 5.13. The van der Waals surface area contributed by atoms with Crippen molar-refractivity contribution in [3.63, 3.8) is 0 Å². The molecule has 0 unspecified atom stereocenters. The molecule has 1 aromatic heterocycles. The average molecular weight is 395 g/mol. The van der Waals surface area contributed by atoms with Gasteiger partial charge in [0.1, 0.15) is 11.9 Å². The summed E-state index contributed by atoms with van der Waals surface area (Å²) in [5, 5.41) is 2.84. The predicted molar refractivity (Wildman–Crippen MR) is 115 cm³/mol. The molecule has 6 nitrogen and oxygen atoms in total. The summed E-state index contributed by atoms with van der Waals surface area (Å²) in [6, 6.07) is 12.8. The molecule has 0 spiro atoms. The van der Waals surface area contributed by atoms with Crippen LogP contribution in [-0.2, 0) is 10.2 Å². The maximum atomic E-state index is 12.8. The van der Waals surface area contributed by atoms with Gasteiger partial charge in [0.2, 0.25) is 5.91 Å². The highest BCUT2D eigenvalue weighted by molar-refractivity contribution is 5.97. The van der Waals surface area contributed by atoms with Crippen molar-refractivity contribution in [1.82, 2.24) is 15.2 Å². The number of nitrogens with one attached hydrogen (secondary N) is 1. The van der Waals surface area contributed by atoms with E-state index in [0.717, 1.165) is 18.9 Å². The summed E-state index contributed by atoms with van der Waals surface area (Å²) >= 11 is 0. The third-order valence-electron chi connectivity index (χ3n) is 5.30. The smallest absolute Gasteiger partial charge is 0.251 e. The van der Waals surface area contributed by atoms with Gasteiger partial charge in [-0.3, -0.25) is 9.59 Å². The lowest BCUT2D eigenvalue weighted by molar-refractivity contribution is -0.133. The molecule has 1 aromatic carbocycles. The maximum Gasteiger partial charge on any atom is 0.251 e. The average Bonchev–Trinajstić information content (AvgIpc) is 2.73. The van der Waals surface area contributed by atoms with Gasteiger partial charge in [-0.1, -0.05) is 39.0 Å². The topological polar surface area (TPSA) is 65.5 Å². The zero-order chi connectivity index (χ0) is 21.0. The molecule has 2 amide bonds. The molecule has 0 saturated carbocycles. The summed E-state index contributed by atoms with van der Waals surface area (Å²) in [7, 11) is 0. The fraction of sp³-hybridized carbons (Fsp3) is 0.435. The van der Waals surface area contributed by atoms with Crippen LogP contribution in [-0.4, -0.2) is 53.9 Å². The van der Waals surface area contributed by atoms with Crippen molar-refractivity contribution in [2.75, 3.05) is 31.1 Å². The van der Waals surface area contributed by atoms with E-state index in [9.17, 15) is 9.59 Å². The molecule has 1 aliphatic heterocycles. The Labute approximate surface area is 172 Å². The Morgan fingerprint density at radius 2 is 1.66 bits per heavy atom. The van der Waals surface area contributed by atoms with Crippen molar-refractivity contribution < 1.29 is 9.59 Å². The summed E-state index contributed by atoms with van der Waals surface area (Å²) in [5.74, 6) is 0.656. The van der Waals surface area contributed by atoms with E-state index in [0.29, 0.717) is 18.7 Å². The van der Waals surface area contributed by atoms with E-state index in [1.807, 2.05) is 47.4 Å². The molecule has 0 aliphatic carbocycles. The first-order chi connectivity index (χ1) is 13.8. The summed E-state index contributed by atoms with van der Waals surface area (Å²) < 4.78 is 0. The number of carbonyl (C=O) groups excluding carboxylic acids is 2. The number of hydrogen-bond acceptors (Lipinski definition) is 4. The SMILES string of the molecule is C[C@@H](NC(=O)c1ccc(C(C)(C)C)cc1)C(=O)N1CCN(c2ccccn2)CC1. The minimum atomic E-state index is -0.564. The number of anilines is 1. The van der Waals surface area contributed by atoms with Gasteiger partial charge < -0.3 is 15.1 Å². The molecule has 3 rings (SSSR count). The Kier molecular flexibility index (Phi) is 6.20. The second-order valence-electron chi connectivity index (χ2n) is 8.52. The van der Waals surface area contributed by atoms with E-state index in [2.05, 4.69) is 36.0 Å². The molecule has 1 fully saturated rings. The van der Waals surface area contributed by atoms with Crippen LogP contribution in [0.25, 0.3) is 0 Å². The molecule has 6 heteroatoms. The van der Waals surface area contributed by atoms with Gasteiger partial charge in [-0.05, 0) is 42.2 Å². The van der Waals surface area contributed by atoms with Gasteiger partial charge in [0.15, 0.2) is 0 Å². The molecule has 2 heterocycles. The fourth-order valence-electron chi connectivity index (χ4n) is 3.43. The van der Waals surface area contributed by atoms with Crippen LogP contribution in [0.4, 0.5) is 5.82 Å². The third-order valence-corrected chi connectivity index (χ3v) is 5.30. The number of nitrogens with zero attached hydrogens (tertiary/aromatic N) is 3. The highest BCUT2D eigenvalue weighted by atomic mass is 16.2. The van der Waals surface area contributed by atoms with Crippen molar-refractivity contribution in [2.24, 2.45) is 0 Å². The molecule has 29 heavy (non-hydrogen) atoms. The van der Waals surface area contributed by atoms with Crippen LogP contribution in [0.15, 0.2) is 48.7 Å². The van der Waals surface area contributed by atoms with E-state index in [4.69, 9.17) is 0 Å². The number of rotatable bonds is 4. The van der Waals surface area contributed by atoms with Gasteiger partial charge in [0.05, 0.1) is 0 Å². The van der Waals surface area contributed by atoms with E-state index in [1.165, 1.54) is 5.56 Å². The van der Waals surface area contributed by atoms with Crippen LogP contribution in [0.5, 0.6) is 0 Å². The molecule has 1 saturated heterocycles. The number of carbonyl (C=O) groups is 2. The summed E-state index contributed by atoms with van der Waals surface area (Å²) in [6.07, 6.45) is 1.78. The molecular formula is C23H30N4O2. The zero-order valence-corrected chi connectivity index (χ0v) is 17.7. The second kappa shape index (κ2) is 8.64. The van der Waals surface area contributed by atoms with Gasteiger partial charge in [0.25, 0.3) is 5.91 Å². The molecule has 2 aromatic rings. The van der Waals surface area contributed by atoms with E-state index >= 15 is 0 Å². The standard InChI is InChI=1S/C23H30N4O2/c1-17(25-21(28)18-8-10-19(11-9-18)23(2,3)4)22(29)27-15-13-26(14-16-27)20-7-5-6-12-24-20/h5-12,17H,13-16H2,1-4H3,(H,25,28)/t17-/m1/s1. The minimum absolute atomic E-state index is 0.0374. The van der Waals surface area contributed by atoms with Crippen LogP contribution in [0, 0.1) is 0 Å². The first-order valence-corrected chi connectivity index (χ1v) is 10.1. The van der Waals surface area contributed by atoms with Gasteiger partial charge >= 0.3 is 0 Å². The Balaban J connectivity index is 1.53. The summed E-state index contributed by atoms with van der Waals surface area (Å²) in [5.41, 5.74) is 1.77. The zero-order valence-electron chi connectivity index (χ0n) is 17.7. The fourth-order valence-corrected chi connectivity index (χ4v) is 3.43. The second-order valence-corrected chi connectivity index (χ2v) is 8.52. The first-order valence-electron chi connectivity index (χ1n) is 10.1. The normalized spacial score (nSPS) is 15.7. The molecule has 0 bridgehead atoms. The molecule has 154 valence electrons. The number of benzene rings is 1. The lowest BCUT2D eigenvalue weighted by Crippen LogP contribution is -2.54. The predicted octanol–water partition coefficient (Wildman–Crippen LogP) is 2.85.